The minimum absolute atomic E-state index is 1.16. The maximum Gasteiger partial charge on any atom is 0.0635 e. The van der Waals surface area contributed by atoms with Gasteiger partial charge in [0.1, 0.15) is 0 Å². The van der Waals surface area contributed by atoms with Gasteiger partial charge < -0.3 is 9.13 Å². The Kier molecular flexibility index (Phi) is 5.15. The molecule has 0 bridgehead atoms. The Morgan fingerprint density at radius 1 is 0.512 bits per heavy atom. The molecule has 6 aromatic carbocycles. The zero-order valence-electron chi connectivity index (χ0n) is 23.8. The van der Waals surface area contributed by atoms with Gasteiger partial charge in [0.25, 0.3) is 0 Å². The molecule has 9 rings (SSSR count). The summed E-state index contributed by atoms with van der Waals surface area (Å²) in [6, 6.07) is 44.4. The van der Waals surface area contributed by atoms with E-state index in [1.807, 2.05) is 0 Å². The third-order valence-corrected chi connectivity index (χ3v) is 9.01. The van der Waals surface area contributed by atoms with Crippen LogP contribution in [-0.4, -0.2) is 9.13 Å². The number of para-hydroxylation sites is 2. The lowest BCUT2D eigenvalue weighted by Gasteiger charge is -2.13. The van der Waals surface area contributed by atoms with Crippen LogP contribution in [0.2, 0.25) is 0 Å². The number of rotatable bonds is 4. The molecule has 2 aromatic heterocycles. The molecular formula is C41H28N2. The van der Waals surface area contributed by atoms with Crippen molar-refractivity contribution in [3.63, 3.8) is 0 Å². The number of hydrogen-bond acceptors (Lipinski definition) is 0. The Hall–Kier alpha value is -5.60. The molecule has 2 nitrogen and oxygen atoms in total. The van der Waals surface area contributed by atoms with Crippen LogP contribution in [0.4, 0.5) is 0 Å². The van der Waals surface area contributed by atoms with E-state index >= 15 is 0 Å². The zero-order chi connectivity index (χ0) is 28.5. The fraction of sp³-hybridized carbons (Fsp3) is 0.0244. The monoisotopic (exact) mass is 548 g/mol. The molecule has 43 heavy (non-hydrogen) atoms. The average Bonchev–Trinajstić information content (AvgIpc) is 3.71. The summed E-state index contributed by atoms with van der Waals surface area (Å²) in [7, 11) is 0. The fourth-order valence-electron chi connectivity index (χ4n) is 7.24. The maximum atomic E-state index is 2.48. The molecule has 8 aromatic rings. The first-order valence-corrected chi connectivity index (χ1v) is 14.9. The van der Waals surface area contributed by atoms with Crippen molar-refractivity contribution in [2.24, 2.45) is 0 Å². The summed E-state index contributed by atoms with van der Waals surface area (Å²) < 4.78 is 4.85. The molecule has 0 spiro atoms. The van der Waals surface area contributed by atoms with Crippen LogP contribution in [0.3, 0.4) is 0 Å². The summed E-state index contributed by atoms with van der Waals surface area (Å²) >= 11 is 0. The second-order valence-corrected chi connectivity index (χ2v) is 11.3. The highest BCUT2D eigenvalue weighted by Gasteiger charge is 2.24. The molecule has 1 aliphatic rings. The molecule has 0 fully saturated rings. The van der Waals surface area contributed by atoms with E-state index in [1.165, 1.54) is 77.0 Å². The molecule has 0 aliphatic heterocycles. The highest BCUT2D eigenvalue weighted by Crippen LogP contribution is 2.49. The van der Waals surface area contributed by atoms with Crippen molar-refractivity contribution >= 4 is 49.6 Å². The molecular weight excluding hydrogens is 520 g/mol. The third kappa shape index (κ3) is 3.35. The molecule has 202 valence electrons. The molecule has 2 heterocycles. The largest absolute Gasteiger partial charge is 0.315 e. The molecule has 1 aliphatic carbocycles. The van der Waals surface area contributed by atoms with E-state index in [9.17, 15) is 0 Å². The van der Waals surface area contributed by atoms with E-state index in [0.717, 1.165) is 5.69 Å². The van der Waals surface area contributed by atoms with Crippen LogP contribution in [0, 0.1) is 0 Å². The number of aromatic nitrogens is 2. The smallest absolute Gasteiger partial charge is 0.0635 e. The standard InChI is InChI=1S/C41H28N2/c1-2-3-5-13-27-26-42(28-14-6-4-7-15-28)41-29(27)22-25-38-40(41)35-18-10-11-21-36(35)43(38)37-24-23-33-31-17-9-8-16-30(31)32-19-12-20-34(37)39(32)33/h2-26H,1H3/b3-2-,13-5-. The molecule has 2 heteroatoms. The molecule has 0 N–H and O–H groups in total. The van der Waals surface area contributed by atoms with Gasteiger partial charge in [-0.1, -0.05) is 115 Å². The summed E-state index contributed by atoms with van der Waals surface area (Å²) in [6.07, 6.45) is 10.8. The van der Waals surface area contributed by atoms with Crippen molar-refractivity contribution < 1.29 is 0 Å². The summed E-state index contributed by atoms with van der Waals surface area (Å²) in [4.78, 5) is 0. The van der Waals surface area contributed by atoms with E-state index in [1.54, 1.807) is 0 Å². The second kappa shape index (κ2) is 9.20. The fourth-order valence-corrected chi connectivity index (χ4v) is 7.24. The Morgan fingerprint density at radius 3 is 2.07 bits per heavy atom. The summed E-state index contributed by atoms with van der Waals surface area (Å²) in [5.41, 5.74) is 12.5. The van der Waals surface area contributed by atoms with Crippen LogP contribution in [0.25, 0.3) is 83.2 Å². The van der Waals surface area contributed by atoms with Gasteiger partial charge in [-0.15, -0.1) is 0 Å². The van der Waals surface area contributed by atoms with Crippen LogP contribution in [0.5, 0.6) is 0 Å². The number of benzene rings is 6. The normalized spacial score (nSPS) is 12.6. The quantitative estimate of drug-likeness (QED) is 0.194. The van der Waals surface area contributed by atoms with Gasteiger partial charge in [0, 0.05) is 39.0 Å². The number of hydrogen-bond donors (Lipinski definition) is 0. The van der Waals surface area contributed by atoms with Crippen molar-refractivity contribution in [2.45, 2.75) is 6.92 Å². The minimum atomic E-state index is 1.16. The van der Waals surface area contributed by atoms with E-state index in [0.29, 0.717) is 0 Å². The lowest BCUT2D eigenvalue weighted by molar-refractivity contribution is 1.13. The van der Waals surface area contributed by atoms with Crippen LogP contribution in [0.15, 0.2) is 146 Å². The molecule has 0 unspecified atom stereocenters. The molecule has 0 saturated heterocycles. The van der Waals surface area contributed by atoms with Gasteiger partial charge in [0.15, 0.2) is 0 Å². The van der Waals surface area contributed by atoms with Crippen molar-refractivity contribution in [3.05, 3.63) is 151 Å². The Balaban J connectivity index is 1.41. The minimum Gasteiger partial charge on any atom is -0.315 e. The Labute approximate surface area is 250 Å². The van der Waals surface area contributed by atoms with Crippen molar-refractivity contribution in [2.75, 3.05) is 0 Å². The van der Waals surface area contributed by atoms with E-state index < -0.39 is 0 Å². The van der Waals surface area contributed by atoms with Crippen LogP contribution in [-0.2, 0) is 0 Å². The average molecular weight is 549 g/mol. The zero-order valence-corrected chi connectivity index (χ0v) is 23.8. The number of allylic oxidation sites excluding steroid dienone is 3. The summed E-state index contributed by atoms with van der Waals surface area (Å²) in [5.74, 6) is 0. The van der Waals surface area contributed by atoms with Gasteiger partial charge in [-0.2, -0.15) is 0 Å². The lowest BCUT2D eigenvalue weighted by Crippen LogP contribution is -1.96. The van der Waals surface area contributed by atoms with Gasteiger partial charge in [-0.3, -0.25) is 0 Å². The van der Waals surface area contributed by atoms with Gasteiger partial charge in [0.2, 0.25) is 0 Å². The lowest BCUT2D eigenvalue weighted by atomic mass is 10.0. The van der Waals surface area contributed by atoms with Crippen molar-refractivity contribution in [1.29, 1.82) is 0 Å². The first kappa shape index (κ1) is 24.0. The second-order valence-electron chi connectivity index (χ2n) is 11.3. The first-order valence-electron chi connectivity index (χ1n) is 14.9. The first-order chi connectivity index (χ1) is 21.3. The van der Waals surface area contributed by atoms with Crippen LogP contribution >= 0.6 is 0 Å². The van der Waals surface area contributed by atoms with Gasteiger partial charge >= 0.3 is 0 Å². The SMILES string of the molecule is C/C=C\C=C/c1cn(-c2ccccc2)c2c1ccc1c2c2ccccc2n1-c1ccc2c3c(cccc13)-c1ccccc1-2. The highest BCUT2D eigenvalue weighted by atomic mass is 15.0. The molecule has 0 atom stereocenters. The van der Waals surface area contributed by atoms with E-state index in [2.05, 4.69) is 168 Å². The number of fused-ring (bicyclic) bond motifs is 8. The van der Waals surface area contributed by atoms with E-state index in [4.69, 9.17) is 0 Å². The van der Waals surface area contributed by atoms with Crippen molar-refractivity contribution in [1.82, 2.24) is 9.13 Å². The topological polar surface area (TPSA) is 9.86 Å². The number of nitrogens with zero attached hydrogens (tertiary/aromatic N) is 2. The van der Waals surface area contributed by atoms with Gasteiger partial charge in [0.05, 0.1) is 22.2 Å². The summed E-state index contributed by atoms with van der Waals surface area (Å²) in [5, 5.41) is 6.40. The van der Waals surface area contributed by atoms with Crippen LogP contribution in [0.1, 0.15) is 12.5 Å². The predicted molar refractivity (Wildman–Crippen MR) is 183 cm³/mol. The molecule has 0 radical (unpaired) electrons. The summed E-state index contributed by atoms with van der Waals surface area (Å²) in [6.45, 7) is 2.05. The molecule has 0 saturated carbocycles. The van der Waals surface area contributed by atoms with E-state index in [-0.39, 0.29) is 0 Å². The van der Waals surface area contributed by atoms with Gasteiger partial charge in [-0.05, 0) is 64.9 Å². The Morgan fingerprint density at radius 2 is 1.23 bits per heavy atom. The van der Waals surface area contributed by atoms with Gasteiger partial charge in [-0.25, -0.2) is 0 Å². The molecule has 0 amide bonds. The van der Waals surface area contributed by atoms with Crippen molar-refractivity contribution in [3.8, 4) is 33.6 Å². The predicted octanol–water partition coefficient (Wildman–Crippen LogP) is 11.1. The highest BCUT2D eigenvalue weighted by molar-refractivity contribution is 6.23. The Bertz CT molecular complexity index is 2420. The maximum absolute atomic E-state index is 2.48. The third-order valence-electron chi connectivity index (χ3n) is 9.01. The van der Waals surface area contributed by atoms with Crippen LogP contribution < -0.4 is 0 Å².